The van der Waals surface area contributed by atoms with Crippen LogP contribution in [-0.4, -0.2) is 57.5 Å². The van der Waals surface area contributed by atoms with Gasteiger partial charge < -0.3 is 20.7 Å². The molecule has 0 unspecified atom stereocenters. The van der Waals surface area contributed by atoms with Crippen LogP contribution in [0.4, 0.5) is 16.3 Å². The van der Waals surface area contributed by atoms with Gasteiger partial charge in [-0.15, -0.1) is 0 Å². The Morgan fingerprint density at radius 1 is 0.905 bits per heavy atom. The molecule has 0 bridgehead atoms. The maximum absolute atomic E-state index is 12.8. The van der Waals surface area contributed by atoms with Gasteiger partial charge in [0.05, 0.1) is 23.5 Å². The summed E-state index contributed by atoms with van der Waals surface area (Å²) < 4.78 is 5.27. The third kappa shape index (κ3) is 7.66. The minimum Gasteiger partial charge on any atom is -0.444 e. The number of carbonyl (C=O) groups excluding carboxylic acids is 3. The van der Waals surface area contributed by atoms with E-state index in [-0.39, 0.29) is 18.4 Å². The number of pyridine rings is 3. The number of amides is 3. The summed E-state index contributed by atoms with van der Waals surface area (Å²) in [5.41, 5.74) is 10.3. The Kier molecular flexibility index (Phi) is 8.80. The van der Waals surface area contributed by atoms with E-state index in [1.54, 1.807) is 83.7 Å². The number of nitrogen functional groups attached to an aromatic ring is 1. The zero-order chi connectivity index (χ0) is 30.4. The minimum atomic E-state index is -0.638. The van der Waals surface area contributed by atoms with Gasteiger partial charge in [0.1, 0.15) is 11.4 Å². The number of nitrogens with zero attached hydrogens (tertiary/aromatic N) is 4. The number of anilines is 2. The fourth-order valence-electron chi connectivity index (χ4n) is 3.96. The van der Waals surface area contributed by atoms with Crippen LogP contribution >= 0.6 is 0 Å². The van der Waals surface area contributed by atoms with Gasteiger partial charge in [-0.1, -0.05) is 6.07 Å². The first-order chi connectivity index (χ1) is 19.9. The first kappa shape index (κ1) is 29.7. The Balaban J connectivity index is 1.45. The van der Waals surface area contributed by atoms with E-state index in [4.69, 9.17) is 10.5 Å². The van der Waals surface area contributed by atoms with Crippen molar-refractivity contribution in [2.45, 2.75) is 32.9 Å². The highest BCUT2D eigenvalue weighted by molar-refractivity contribution is 5.96. The van der Waals surface area contributed by atoms with Crippen LogP contribution < -0.4 is 16.4 Å². The number of nitrogens with one attached hydrogen (secondary N) is 2. The van der Waals surface area contributed by atoms with E-state index in [1.807, 2.05) is 18.2 Å². The van der Waals surface area contributed by atoms with Crippen molar-refractivity contribution in [1.82, 2.24) is 25.2 Å². The van der Waals surface area contributed by atoms with E-state index >= 15 is 0 Å². The molecule has 0 aliphatic carbocycles. The number of carbonyl (C=O) groups is 3. The quantitative estimate of drug-likeness (QED) is 0.289. The molecule has 3 aromatic heterocycles. The van der Waals surface area contributed by atoms with Gasteiger partial charge in [-0.25, -0.2) is 9.78 Å². The lowest BCUT2D eigenvalue weighted by atomic mass is 10.0. The van der Waals surface area contributed by atoms with Crippen LogP contribution in [-0.2, 0) is 11.3 Å². The first-order valence-corrected chi connectivity index (χ1v) is 13.2. The summed E-state index contributed by atoms with van der Waals surface area (Å²) in [4.78, 5) is 51.7. The smallest absolute Gasteiger partial charge is 0.412 e. The van der Waals surface area contributed by atoms with Gasteiger partial charge >= 0.3 is 6.09 Å². The standard InChI is InChI=1S/C31H33N7O4/c1-31(2,3)42-30(41)37-23-8-6-7-20(14-23)28(39)36-18-24-13-19(11-12-33-24)22-15-25(27(32)35-17-22)26-10-9-21(16-34-26)29(40)38(4)5/h6-17H,18H2,1-5H3,(H2,32,35)(H,36,39)(H,37,41). The number of hydrogen-bond donors (Lipinski definition) is 3. The van der Waals surface area contributed by atoms with Crippen molar-refractivity contribution in [1.29, 1.82) is 0 Å². The van der Waals surface area contributed by atoms with Gasteiger partial charge in [-0.2, -0.15) is 0 Å². The lowest BCUT2D eigenvalue weighted by Crippen LogP contribution is -2.27. The van der Waals surface area contributed by atoms with Crippen LogP contribution in [0.5, 0.6) is 0 Å². The molecule has 0 radical (unpaired) electrons. The zero-order valence-corrected chi connectivity index (χ0v) is 24.1. The number of hydrogen-bond acceptors (Lipinski definition) is 8. The second-order valence-electron chi connectivity index (χ2n) is 10.7. The lowest BCUT2D eigenvalue weighted by Gasteiger charge is -2.19. The summed E-state index contributed by atoms with van der Waals surface area (Å²) in [6, 6.07) is 15.6. The summed E-state index contributed by atoms with van der Waals surface area (Å²) in [5.74, 6) is -0.160. The second kappa shape index (κ2) is 12.5. The molecule has 3 heterocycles. The highest BCUT2D eigenvalue weighted by Gasteiger charge is 2.17. The molecule has 0 aliphatic rings. The average Bonchev–Trinajstić information content (AvgIpc) is 2.95. The van der Waals surface area contributed by atoms with Gasteiger partial charge in [0, 0.05) is 55.1 Å². The van der Waals surface area contributed by atoms with E-state index in [0.717, 1.165) is 11.1 Å². The fraction of sp³-hybridized carbons (Fsp3) is 0.226. The molecule has 0 spiro atoms. The maximum atomic E-state index is 12.8. The zero-order valence-electron chi connectivity index (χ0n) is 24.1. The minimum absolute atomic E-state index is 0.143. The molecule has 0 fully saturated rings. The molecule has 216 valence electrons. The van der Waals surface area contributed by atoms with Crippen molar-refractivity contribution in [2.24, 2.45) is 0 Å². The third-order valence-corrected chi connectivity index (χ3v) is 5.96. The molecule has 11 nitrogen and oxygen atoms in total. The van der Waals surface area contributed by atoms with Gasteiger partial charge in [-0.05, 0) is 74.9 Å². The molecule has 11 heteroatoms. The van der Waals surface area contributed by atoms with E-state index < -0.39 is 11.7 Å². The Bertz CT molecular complexity index is 1610. The molecule has 1 aromatic carbocycles. The van der Waals surface area contributed by atoms with Crippen LogP contribution in [0.1, 0.15) is 47.2 Å². The van der Waals surface area contributed by atoms with Crippen molar-refractivity contribution in [3.8, 4) is 22.4 Å². The Morgan fingerprint density at radius 3 is 2.38 bits per heavy atom. The largest absolute Gasteiger partial charge is 0.444 e. The Morgan fingerprint density at radius 2 is 1.69 bits per heavy atom. The molecule has 4 rings (SSSR count). The Hall–Kier alpha value is -5.32. The van der Waals surface area contributed by atoms with Gasteiger partial charge in [0.15, 0.2) is 0 Å². The summed E-state index contributed by atoms with van der Waals surface area (Å²) in [5, 5.41) is 5.50. The number of aromatic nitrogens is 3. The number of rotatable bonds is 7. The predicted octanol–water partition coefficient (Wildman–Crippen LogP) is 4.77. The fourth-order valence-corrected chi connectivity index (χ4v) is 3.96. The first-order valence-electron chi connectivity index (χ1n) is 13.2. The third-order valence-electron chi connectivity index (χ3n) is 5.96. The van der Waals surface area contributed by atoms with E-state index in [1.165, 1.54) is 11.1 Å². The lowest BCUT2D eigenvalue weighted by molar-refractivity contribution is 0.0635. The molecule has 0 atom stereocenters. The summed E-state index contributed by atoms with van der Waals surface area (Å²) in [6.45, 7) is 5.49. The predicted molar refractivity (Wildman–Crippen MR) is 161 cm³/mol. The number of ether oxygens (including phenoxy) is 1. The van der Waals surface area contributed by atoms with Gasteiger partial charge in [-0.3, -0.25) is 24.9 Å². The van der Waals surface area contributed by atoms with Crippen LogP contribution in [0.3, 0.4) is 0 Å². The highest BCUT2D eigenvalue weighted by atomic mass is 16.6. The summed E-state index contributed by atoms with van der Waals surface area (Å²) in [7, 11) is 3.36. The van der Waals surface area contributed by atoms with Crippen LogP contribution in [0.2, 0.25) is 0 Å². The van der Waals surface area contributed by atoms with Gasteiger partial charge in [0.2, 0.25) is 0 Å². The molecule has 42 heavy (non-hydrogen) atoms. The van der Waals surface area contributed by atoms with Crippen molar-refractivity contribution in [3.63, 3.8) is 0 Å². The SMILES string of the molecule is CN(C)C(=O)c1ccc(-c2cc(-c3ccnc(CNC(=O)c4cccc(NC(=O)OC(C)(C)C)c4)c3)cnc2N)nc1. The molecule has 4 aromatic rings. The molecule has 4 N–H and O–H groups in total. The Labute approximate surface area is 244 Å². The number of nitrogens with two attached hydrogens (primary N) is 1. The van der Waals surface area contributed by atoms with Crippen LogP contribution in [0.15, 0.2) is 73.2 Å². The molecular formula is C31H33N7O4. The summed E-state index contributed by atoms with van der Waals surface area (Å²) in [6.07, 6.45) is 4.22. The van der Waals surface area contributed by atoms with Crippen LogP contribution in [0, 0.1) is 0 Å². The van der Waals surface area contributed by atoms with E-state index in [2.05, 4.69) is 25.6 Å². The van der Waals surface area contributed by atoms with Crippen LogP contribution in [0.25, 0.3) is 22.4 Å². The van der Waals surface area contributed by atoms with Crippen molar-refractivity contribution in [2.75, 3.05) is 25.1 Å². The van der Waals surface area contributed by atoms with Crippen molar-refractivity contribution in [3.05, 3.63) is 90.0 Å². The topological polar surface area (TPSA) is 152 Å². The normalized spacial score (nSPS) is 11.0. The summed E-state index contributed by atoms with van der Waals surface area (Å²) >= 11 is 0. The average molecular weight is 568 g/mol. The monoisotopic (exact) mass is 567 g/mol. The molecule has 3 amide bonds. The molecule has 0 saturated heterocycles. The second-order valence-corrected chi connectivity index (χ2v) is 10.7. The maximum Gasteiger partial charge on any atom is 0.412 e. The van der Waals surface area contributed by atoms with Crippen molar-refractivity contribution >= 4 is 29.4 Å². The van der Waals surface area contributed by atoms with Gasteiger partial charge in [0.25, 0.3) is 11.8 Å². The van der Waals surface area contributed by atoms with E-state index in [9.17, 15) is 14.4 Å². The molecule has 0 saturated carbocycles. The molecule has 0 aliphatic heterocycles. The van der Waals surface area contributed by atoms with E-state index in [0.29, 0.717) is 39.6 Å². The van der Waals surface area contributed by atoms with Crippen molar-refractivity contribution < 1.29 is 19.1 Å². The molecular weight excluding hydrogens is 534 g/mol. The number of benzene rings is 1. The highest BCUT2D eigenvalue weighted by Crippen LogP contribution is 2.29.